The molecule has 0 aromatic heterocycles. The molecule has 0 aliphatic heterocycles. The Morgan fingerprint density at radius 2 is 1.56 bits per heavy atom. The summed E-state index contributed by atoms with van der Waals surface area (Å²) in [6.45, 7) is 1.51. The van der Waals surface area contributed by atoms with Gasteiger partial charge in [0, 0.05) is 19.3 Å². The van der Waals surface area contributed by atoms with Gasteiger partial charge < -0.3 is 19.7 Å². The lowest BCUT2D eigenvalue weighted by Crippen LogP contribution is -1.99. The van der Waals surface area contributed by atoms with Crippen molar-refractivity contribution in [3.05, 3.63) is 29.8 Å². The number of methoxy groups -OCH3 is 1. The zero-order chi connectivity index (χ0) is 13.2. The second-order valence-electron chi connectivity index (χ2n) is 4.20. The van der Waals surface area contributed by atoms with E-state index in [-0.39, 0.29) is 0 Å². The predicted octanol–water partition coefficient (Wildman–Crippen LogP) is 2.26. The summed E-state index contributed by atoms with van der Waals surface area (Å²) in [5, 5.41) is 17.9. The van der Waals surface area contributed by atoms with Crippen molar-refractivity contribution < 1.29 is 19.7 Å². The lowest BCUT2D eigenvalue weighted by molar-refractivity contribution is -0.0425. The smallest absolute Gasteiger partial charge is 0.178 e. The van der Waals surface area contributed by atoms with Gasteiger partial charge in [-0.25, -0.2) is 0 Å². The Bertz CT molecular complexity index is 308. The van der Waals surface area contributed by atoms with Gasteiger partial charge in [0.2, 0.25) is 0 Å². The maximum atomic E-state index is 8.94. The van der Waals surface area contributed by atoms with Gasteiger partial charge in [0.05, 0.1) is 6.61 Å². The van der Waals surface area contributed by atoms with E-state index in [0.717, 1.165) is 38.0 Å². The average molecular weight is 254 g/mol. The second-order valence-corrected chi connectivity index (χ2v) is 4.20. The van der Waals surface area contributed by atoms with Crippen molar-refractivity contribution in [2.24, 2.45) is 0 Å². The molecule has 4 nitrogen and oxygen atoms in total. The van der Waals surface area contributed by atoms with Crippen molar-refractivity contribution in [1.82, 2.24) is 0 Å². The third-order valence-electron chi connectivity index (χ3n) is 2.69. The molecule has 0 radical (unpaired) electrons. The fourth-order valence-corrected chi connectivity index (χ4v) is 1.63. The molecule has 0 unspecified atom stereocenters. The molecule has 4 heteroatoms. The highest BCUT2D eigenvalue weighted by Gasteiger charge is 2.01. The van der Waals surface area contributed by atoms with Crippen LogP contribution in [0.4, 0.5) is 0 Å². The second kappa shape index (κ2) is 8.91. The first-order valence-corrected chi connectivity index (χ1v) is 6.32. The Labute approximate surface area is 108 Å². The van der Waals surface area contributed by atoms with Crippen LogP contribution in [0.5, 0.6) is 5.75 Å². The molecule has 0 bridgehead atoms. The van der Waals surface area contributed by atoms with E-state index in [9.17, 15) is 0 Å². The summed E-state index contributed by atoms with van der Waals surface area (Å²) < 4.78 is 10.5. The molecular formula is C14H22O4. The van der Waals surface area contributed by atoms with Crippen LogP contribution < -0.4 is 4.74 Å². The first kappa shape index (κ1) is 15.0. The molecule has 0 atom stereocenters. The largest absolute Gasteiger partial charge is 0.494 e. The van der Waals surface area contributed by atoms with Gasteiger partial charge in [0.25, 0.3) is 0 Å². The lowest BCUT2D eigenvalue weighted by atomic mass is 10.2. The van der Waals surface area contributed by atoms with Gasteiger partial charge >= 0.3 is 0 Å². The van der Waals surface area contributed by atoms with Crippen molar-refractivity contribution in [3.8, 4) is 5.75 Å². The van der Waals surface area contributed by atoms with Gasteiger partial charge in [0.1, 0.15) is 5.75 Å². The van der Waals surface area contributed by atoms with Gasteiger partial charge in [-0.3, -0.25) is 0 Å². The summed E-state index contributed by atoms with van der Waals surface area (Å²) in [5.74, 6) is 0.760. The molecule has 1 rings (SSSR count). The van der Waals surface area contributed by atoms with Crippen LogP contribution in [0.15, 0.2) is 24.3 Å². The summed E-state index contributed by atoms with van der Waals surface area (Å²) in [7, 11) is 1.72. The standard InChI is InChI=1S/C14H22O4/c1-17-10-4-2-3-5-11-18-13-8-6-12(7-9-13)14(15)16/h6-9,14-16H,2-5,10-11H2,1H3. The molecule has 0 saturated heterocycles. The van der Waals surface area contributed by atoms with Crippen LogP contribution >= 0.6 is 0 Å². The minimum Gasteiger partial charge on any atom is -0.494 e. The summed E-state index contributed by atoms with van der Waals surface area (Å²) >= 11 is 0. The quantitative estimate of drug-likeness (QED) is 0.524. The van der Waals surface area contributed by atoms with Crippen LogP contribution in [0, 0.1) is 0 Å². The molecule has 1 aromatic carbocycles. The summed E-state index contributed by atoms with van der Waals surface area (Å²) in [5.41, 5.74) is 0.474. The third kappa shape index (κ3) is 6.00. The lowest BCUT2D eigenvalue weighted by Gasteiger charge is -2.08. The molecule has 0 heterocycles. The normalized spacial score (nSPS) is 10.9. The summed E-state index contributed by atoms with van der Waals surface area (Å²) in [4.78, 5) is 0. The van der Waals surface area contributed by atoms with Crippen LogP contribution in [-0.4, -0.2) is 30.5 Å². The monoisotopic (exact) mass is 254 g/mol. The highest BCUT2D eigenvalue weighted by Crippen LogP contribution is 2.16. The molecule has 1 aromatic rings. The van der Waals surface area contributed by atoms with E-state index in [1.165, 1.54) is 0 Å². The van der Waals surface area contributed by atoms with E-state index in [0.29, 0.717) is 12.2 Å². The molecule has 102 valence electrons. The Balaban J connectivity index is 2.12. The highest BCUT2D eigenvalue weighted by molar-refractivity contribution is 5.27. The molecule has 0 aliphatic carbocycles. The van der Waals surface area contributed by atoms with Crippen molar-refractivity contribution in [2.75, 3.05) is 20.3 Å². The van der Waals surface area contributed by atoms with Crippen molar-refractivity contribution in [2.45, 2.75) is 32.0 Å². The Kier molecular flexibility index (Phi) is 7.41. The Morgan fingerprint density at radius 1 is 0.944 bits per heavy atom. The first-order valence-electron chi connectivity index (χ1n) is 6.32. The molecule has 0 amide bonds. The van der Waals surface area contributed by atoms with E-state index < -0.39 is 6.29 Å². The van der Waals surface area contributed by atoms with Gasteiger partial charge in [-0.1, -0.05) is 18.6 Å². The van der Waals surface area contributed by atoms with Crippen molar-refractivity contribution >= 4 is 0 Å². The number of ether oxygens (including phenoxy) is 2. The minimum atomic E-state index is -1.42. The first-order chi connectivity index (χ1) is 8.74. The van der Waals surface area contributed by atoms with Crippen LogP contribution in [0.3, 0.4) is 0 Å². The Hall–Kier alpha value is -1.10. The molecule has 0 aliphatic rings. The van der Waals surface area contributed by atoms with Gasteiger partial charge in [-0.2, -0.15) is 0 Å². The van der Waals surface area contributed by atoms with E-state index in [1.54, 1.807) is 31.4 Å². The summed E-state index contributed by atoms with van der Waals surface area (Å²) in [6.07, 6.45) is 3.00. The molecular weight excluding hydrogens is 232 g/mol. The number of hydrogen-bond donors (Lipinski definition) is 2. The van der Waals surface area contributed by atoms with Gasteiger partial charge in [-0.05, 0) is 31.4 Å². The van der Waals surface area contributed by atoms with Gasteiger partial charge in [0.15, 0.2) is 6.29 Å². The maximum Gasteiger partial charge on any atom is 0.178 e. The number of unbranched alkanes of at least 4 members (excludes halogenated alkanes) is 3. The minimum absolute atomic E-state index is 0.474. The number of aliphatic hydroxyl groups excluding tert-OH is 1. The van der Waals surface area contributed by atoms with Crippen molar-refractivity contribution in [1.29, 1.82) is 0 Å². The maximum absolute atomic E-state index is 8.94. The average Bonchev–Trinajstić information content (AvgIpc) is 2.38. The topological polar surface area (TPSA) is 58.9 Å². The van der Waals surface area contributed by atoms with E-state index in [2.05, 4.69) is 0 Å². The van der Waals surface area contributed by atoms with E-state index in [1.807, 2.05) is 0 Å². The van der Waals surface area contributed by atoms with Crippen LogP contribution in [0.2, 0.25) is 0 Å². The van der Waals surface area contributed by atoms with Crippen molar-refractivity contribution in [3.63, 3.8) is 0 Å². The molecule has 18 heavy (non-hydrogen) atoms. The SMILES string of the molecule is COCCCCCCOc1ccc(C(O)O)cc1. The zero-order valence-corrected chi connectivity index (χ0v) is 10.8. The predicted molar refractivity (Wildman–Crippen MR) is 69.5 cm³/mol. The van der Waals surface area contributed by atoms with Gasteiger partial charge in [-0.15, -0.1) is 0 Å². The third-order valence-corrected chi connectivity index (χ3v) is 2.69. The Morgan fingerprint density at radius 3 is 2.11 bits per heavy atom. The van der Waals surface area contributed by atoms with E-state index >= 15 is 0 Å². The molecule has 0 spiro atoms. The fraction of sp³-hybridized carbons (Fsp3) is 0.571. The number of rotatable bonds is 9. The molecule has 0 fully saturated rings. The number of aliphatic hydroxyl groups is 2. The summed E-state index contributed by atoms with van der Waals surface area (Å²) in [6, 6.07) is 6.80. The van der Waals surface area contributed by atoms with Crippen LogP contribution in [0.1, 0.15) is 37.5 Å². The zero-order valence-electron chi connectivity index (χ0n) is 10.8. The van der Waals surface area contributed by atoms with Crippen LogP contribution in [-0.2, 0) is 4.74 Å². The molecule has 2 N–H and O–H groups in total. The fourth-order valence-electron chi connectivity index (χ4n) is 1.63. The highest BCUT2D eigenvalue weighted by atomic mass is 16.5. The molecule has 0 saturated carbocycles. The van der Waals surface area contributed by atoms with Crippen LogP contribution in [0.25, 0.3) is 0 Å². The van der Waals surface area contributed by atoms with E-state index in [4.69, 9.17) is 19.7 Å². The number of benzene rings is 1. The number of hydrogen-bond acceptors (Lipinski definition) is 4.